The van der Waals surface area contributed by atoms with E-state index in [0.29, 0.717) is 6.42 Å². The molecule has 0 saturated carbocycles. The fourth-order valence-electron chi connectivity index (χ4n) is 0.888. The Bertz CT molecular complexity index is 182. The van der Waals surface area contributed by atoms with Gasteiger partial charge >= 0.3 is 51.4 Å². The van der Waals surface area contributed by atoms with Crippen molar-refractivity contribution in [1.82, 2.24) is 0 Å². The number of hydrogen-bond acceptors (Lipinski definition) is 2. The molecule has 3 nitrogen and oxygen atoms in total. The van der Waals surface area contributed by atoms with Crippen molar-refractivity contribution in [2.75, 3.05) is 5.75 Å². The summed E-state index contributed by atoms with van der Waals surface area (Å²) in [5.74, 6) is -0.0866. The first kappa shape index (κ1) is 16.0. The maximum absolute atomic E-state index is 10.2. The van der Waals surface area contributed by atoms with Crippen LogP contribution in [0, 0.1) is 0 Å². The zero-order valence-electron chi connectivity index (χ0n) is 8.91. The molecule has 0 aliphatic rings. The fraction of sp³-hybridized carbons (Fsp3) is 1.00. The standard InChI is InChI=1S/C7H16O3S.K.H/c1-2-3-4-5-6-7-11(8,9)10;;/h2-7H2,1H3,(H,8,9,10);;/q;+1;-1. The van der Waals surface area contributed by atoms with E-state index >= 15 is 0 Å². The summed E-state index contributed by atoms with van der Waals surface area (Å²) in [6.45, 7) is 2.10. The molecule has 0 aromatic carbocycles. The largest absolute Gasteiger partial charge is 1.00 e. The Kier molecular flexibility index (Phi) is 12.1. The predicted octanol–water partition coefficient (Wildman–Crippen LogP) is -1.04. The molecule has 0 spiro atoms. The maximum Gasteiger partial charge on any atom is 1.00 e. The normalized spacial score (nSPS) is 10.8. The summed E-state index contributed by atoms with van der Waals surface area (Å²) >= 11 is 0. The SMILES string of the molecule is CCCCCCCS(=O)(=O)O.[H-].[K+]. The summed E-state index contributed by atoms with van der Waals surface area (Å²) < 4.78 is 28.8. The van der Waals surface area contributed by atoms with Crippen molar-refractivity contribution < 1.29 is 65.8 Å². The van der Waals surface area contributed by atoms with Gasteiger partial charge in [0.05, 0.1) is 5.75 Å². The van der Waals surface area contributed by atoms with Gasteiger partial charge in [0.15, 0.2) is 0 Å². The van der Waals surface area contributed by atoms with Crippen molar-refractivity contribution in [1.29, 1.82) is 0 Å². The summed E-state index contributed by atoms with van der Waals surface area (Å²) in [6.07, 6.45) is 4.83. The molecule has 0 saturated heterocycles. The van der Waals surface area contributed by atoms with Crippen LogP contribution in [-0.4, -0.2) is 18.7 Å². The van der Waals surface area contributed by atoms with Crippen LogP contribution in [0.15, 0.2) is 0 Å². The third kappa shape index (κ3) is 14.1. The van der Waals surface area contributed by atoms with Crippen LogP contribution in [0.4, 0.5) is 0 Å². The molecule has 0 heterocycles. The van der Waals surface area contributed by atoms with Gasteiger partial charge in [-0.05, 0) is 6.42 Å². The second-order valence-electron chi connectivity index (χ2n) is 2.70. The average molecular weight is 220 g/mol. The van der Waals surface area contributed by atoms with Crippen molar-refractivity contribution in [3.8, 4) is 0 Å². The summed E-state index contributed by atoms with van der Waals surface area (Å²) in [7, 11) is -3.71. The molecule has 0 aliphatic carbocycles. The van der Waals surface area contributed by atoms with Gasteiger partial charge in [0.2, 0.25) is 0 Å². The average Bonchev–Trinajstić information content (AvgIpc) is 1.85. The Morgan fingerprint density at radius 3 is 2.08 bits per heavy atom. The minimum Gasteiger partial charge on any atom is -1.00 e. The van der Waals surface area contributed by atoms with Gasteiger partial charge in [0.25, 0.3) is 10.1 Å². The first-order chi connectivity index (χ1) is 5.06. The smallest absolute Gasteiger partial charge is 1.00 e. The van der Waals surface area contributed by atoms with Crippen LogP contribution in [0.2, 0.25) is 0 Å². The van der Waals surface area contributed by atoms with E-state index < -0.39 is 10.1 Å². The van der Waals surface area contributed by atoms with Crippen molar-refractivity contribution >= 4 is 10.1 Å². The van der Waals surface area contributed by atoms with Gasteiger partial charge in [-0.1, -0.05) is 32.6 Å². The zero-order valence-corrected chi connectivity index (χ0v) is 11.9. The number of hydrogen-bond donors (Lipinski definition) is 1. The number of rotatable bonds is 6. The molecule has 5 heteroatoms. The van der Waals surface area contributed by atoms with Crippen molar-refractivity contribution in [3.05, 3.63) is 0 Å². The van der Waals surface area contributed by atoms with Gasteiger partial charge in [0.1, 0.15) is 0 Å². The Morgan fingerprint density at radius 2 is 1.67 bits per heavy atom. The molecule has 0 fully saturated rings. The van der Waals surface area contributed by atoms with E-state index in [1.165, 1.54) is 0 Å². The molecule has 0 atom stereocenters. The second-order valence-corrected chi connectivity index (χ2v) is 4.27. The quantitative estimate of drug-likeness (QED) is 0.353. The van der Waals surface area contributed by atoms with Gasteiger partial charge in [-0.2, -0.15) is 8.42 Å². The third-order valence-corrected chi connectivity index (χ3v) is 2.31. The Balaban J connectivity index is -0.000000500. The van der Waals surface area contributed by atoms with Gasteiger partial charge < -0.3 is 1.43 Å². The Morgan fingerprint density at radius 1 is 1.17 bits per heavy atom. The fourth-order valence-corrected chi connectivity index (χ4v) is 1.46. The molecular weight excluding hydrogens is 203 g/mol. The van der Waals surface area contributed by atoms with E-state index in [9.17, 15) is 8.42 Å². The molecule has 1 N–H and O–H groups in total. The predicted molar refractivity (Wildman–Crippen MR) is 46.3 cm³/mol. The third-order valence-electron chi connectivity index (χ3n) is 1.51. The van der Waals surface area contributed by atoms with Crippen molar-refractivity contribution in [2.45, 2.75) is 39.0 Å². The summed E-state index contributed by atoms with van der Waals surface area (Å²) in [6, 6.07) is 0. The molecule has 0 radical (unpaired) electrons. The molecule has 0 aromatic rings. The maximum atomic E-state index is 10.2. The molecular formula is C7H17KO3S. The summed E-state index contributed by atoms with van der Waals surface area (Å²) in [4.78, 5) is 0. The van der Waals surface area contributed by atoms with Crippen molar-refractivity contribution in [2.24, 2.45) is 0 Å². The summed E-state index contributed by atoms with van der Waals surface area (Å²) in [5.41, 5.74) is 0. The Labute approximate surface area is 119 Å². The minimum absolute atomic E-state index is 0. The molecule has 0 unspecified atom stereocenters. The van der Waals surface area contributed by atoms with Crippen LogP contribution in [0.1, 0.15) is 40.5 Å². The second kappa shape index (κ2) is 9.12. The summed E-state index contributed by atoms with van der Waals surface area (Å²) in [5, 5.41) is 0. The molecule has 0 bridgehead atoms. The molecule has 0 amide bonds. The van der Waals surface area contributed by atoms with Gasteiger partial charge in [0, 0.05) is 0 Å². The van der Waals surface area contributed by atoms with Crippen LogP contribution in [0.5, 0.6) is 0 Å². The van der Waals surface area contributed by atoms with Crippen LogP contribution in [0.25, 0.3) is 0 Å². The monoisotopic (exact) mass is 220 g/mol. The molecule has 0 aliphatic heterocycles. The van der Waals surface area contributed by atoms with Crippen molar-refractivity contribution in [3.63, 3.8) is 0 Å². The van der Waals surface area contributed by atoms with Gasteiger partial charge in [-0.25, -0.2) is 0 Å². The zero-order chi connectivity index (χ0) is 8.74. The van der Waals surface area contributed by atoms with E-state index in [-0.39, 0.29) is 58.6 Å². The van der Waals surface area contributed by atoms with Crippen LogP contribution in [0.3, 0.4) is 0 Å². The van der Waals surface area contributed by atoms with E-state index in [0.717, 1.165) is 25.7 Å². The molecule has 0 rings (SSSR count). The molecule has 70 valence electrons. The number of unbranched alkanes of at least 4 members (excludes halogenated alkanes) is 4. The van der Waals surface area contributed by atoms with Gasteiger partial charge in [-0.15, -0.1) is 0 Å². The Hall–Kier alpha value is 1.55. The molecule has 12 heavy (non-hydrogen) atoms. The molecule has 0 aromatic heterocycles. The topological polar surface area (TPSA) is 54.4 Å². The van der Waals surface area contributed by atoms with E-state index in [2.05, 4.69) is 6.92 Å². The van der Waals surface area contributed by atoms with Crippen LogP contribution in [-0.2, 0) is 10.1 Å². The van der Waals surface area contributed by atoms with Crippen LogP contribution >= 0.6 is 0 Å². The first-order valence-corrected chi connectivity index (χ1v) is 5.62. The van der Waals surface area contributed by atoms with E-state index in [4.69, 9.17) is 4.55 Å². The van der Waals surface area contributed by atoms with E-state index in [1.54, 1.807) is 0 Å². The van der Waals surface area contributed by atoms with E-state index in [1.807, 2.05) is 0 Å². The minimum atomic E-state index is -3.71. The first-order valence-electron chi connectivity index (χ1n) is 4.01. The van der Waals surface area contributed by atoms with Crippen LogP contribution < -0.4 is 51.4 Å². The van der Waals surface area contributed by atoms with Gasteiger partial charge in [-0.3, -0.25) is 4.55 Å².